The Kier molecular flexibility index (Phi) is 4.90. The standard InChI is InChI=1S/C15H17N3OS/c1-11(12-6-4-3-5-7-12)17-15(20)18-13-8-9-14(19-2)16-10-13/h3-11H,1-2H3,(H2,17,18,20)/t11-/m0/s1. The van der Waals surface area contributed by atoms with E-state index >= 15 is 0 Å². The predicted octanol–water partition coefficient (Wildman–Crippen LogP) is 3.14. The third kappa shape index (κ3) is 3.93. The summed E-state index contributed by atoms with van der Waals surface area (Å²) in [6, 6.07) is 13.9. The molecule has 0 fully saturated rings. The number of rotatable bonds is 4. The third-order valence-corrected chi connectivity index (χ3v) is 3.07. The van der Waals surface area contributed by atoms with E-state index in [1.54, 1.807) is 19.4 Å². The van der Waals surface area contributed by atoms with Crippen LogP contribution in [0.3, 0.4) is 0 Å². The van der Waals surface area contributed by atoms with Gasteiger partial charge in [0.1, 0.15) is 0 Å². The topological polar surface area (TPSA) is 46.2 Å². The van der Waals surface area contributed by atoms with Gasteiger partial charge >= 0.3 is 0 Å². The van der Waals surface area contributed by atoms with Crippen molar-refractivity contribution in [1.82, 2.24) is 10.3 Å². The minimum Gasteiger partial charge on any atom is -0.481 e. The normalized spacial score (nSPS) is 11.5. The van der Waals surface area contributed by atoms with Gasteiger partial charge in [-0.3, -0.25) is 0 Å². The molecule has 1 atom stereocenters. The lowest BCUT2D eigenvalue weighted by Gasteiger charge is -2.17. The molecule has 20 heavy (non-hydrogen) atoms. The van der Waals surface area contributed by atoms with E-state index in [9.17, 15) is 0 Å². The predicted molar refractivity (Wildman–Crippen MR) is 85.0 cm³/mol. The highest BCUT2D eigenvalue weighted by Gasteiger charge is 2.06. The Hall–Kier alpha value is -2.14. The summed E-state index contributed by atoms with van der Waals surface area (Å²) < 4.78 is 5.01. The number of aromatic nitrogens is 1. The van der Waals surface area contributed by atoms with Gasteiger partial charge in [0.05, 0.1) is 25.0 Å². The molecule has 2 N–H and O–H groups in total. The molecule has 0 aliphatic rings. The Morgan fingerprint density at radius 1 is 1.20 bits per heavy atom. The first-order valence-corrected chi connectivity index (χ1v) is 6.72. The number of ether oxygens (including phenoxy) is 1. The van der Waals surface area contributed by atoms with Gasteiger partial charge in [-0.1, -0.05) is 30.3 Å². The SMILES string of the molecule is COc1ccc(NC(=S)N[C@@H](C)c2ccccc2)cn1. The van der Waals surface area contributed by atoms with Crippen LogP contribution < -0.4 is 15.4 Å². The van der Waals surface area contributed by atoms with Crippen molar-refractivity contribution in [2.75, 3.05) is 12.4 Å². The van der Waals surface area contributed by atoms with Crippen LogP contribution in [0.2, 0.25) is 0 Å². The smallest absolute Gasteiger partial charge is 0.213 e. The monoisotopic (exact) mass is 287 g/mol. The largest absolute Gasteiger partial charge is 0.481 e. The second-order valence-corrected chi connectivity index (χ2v) is 4.73. The zero-order chi connectivity index (χ0) is 14.4. The first-order chi connectivity index (χ1) is 9.69. The number of thiocarbonyl (C=S) groups is 1. The molecule has 5 heteroatoms. The summed E-state index contributed by atoms with van der Waals surface area (Å²) in [4.78, 5) is 4.12. The van der Waals surface area contributed by atoms with E-state index in [-0.39, 0.29) is 6.04 Å². The van der Waals surface area contributed by atoms with E-state index in [0.717, 1.165) is 5.69 Å². The molecule has 4 nitrogen and oxygen atoms in total. The van der Waals surface area contributed by atoms with Crippen molar-refractivity contribution in [2.45, 2.75) is 13.0 Å². The number of nitrogens with zero attached hydrogens (tertiary/aromatic N) is 1. The average molecular weight is 287 g/mol. The maximum absolute atomic E-state index is 5.29. The number of hydrogen-bond donors (Lipinski definition) is 2. The molecule has 1 aromatic carbocycles. The zero-order valence-corrected chi connectivity index (χ0v) is 12.3. The highest BCUT2D eigenvalue weighted by Crippen LogP contribution is 2.13. The lowest BCUT2D eigenvalue weighted by molar-refractivity contribution is 0.398. The van der Waals surface area contributed by atoms with Gasteiger partial charge in [-0.2, -0.15) is 0 Å². The molecule has 0 radical (unpaired) electrons. The molecule has 0 aliphatic heterocycles. The van der Waals surface area contributed by atoms with Gasteiger partial charge in [0.25, 0.3) is 0 Å². The molecule has 0 bridgehead atoms. The van der Waals surface area contributed by atoms with Crippen molar-refractivity contribution < 1.29 is 4.74 Å². The quantitative estimate of drug-likeness (QED) is 0.846. The van der Waals surface area contributed by atoms with Crippen LogP contribution in [0.5, 0.6) is 5.88 Å². The molecule has 0 saturated heterocycles. The number of anilines is 1. The molecule has 0 saturated carbocycles. The van der Waals surface area contributed by atoms with Crippen LogP contribution in [-0.2, 0) is 0 Å². The van der Waals surface area contributed by atoms with Crippen LogP contribution >= 0.6 is 12.2 Å². The van der Waals surface area contributed by atoms with Crippen molar-refractivity contribution in [3.05, 3.63) is 54.2 Å². The van der Waals surface area contributed by atoms with Gasteiger partial charge in [0.15, 0.2) is 5.11 Å². The fraction of sp³-hybridized carbons (Fsp3) is 0.200. The molecular formula is C15H17N3OS. The molecule has 2 aromatic rings. The highest BCUT2D eigenvalue weighted by atomic mass is 32.1. The fourth-order valence-corrected chi connectivity index (χ4v) is 2.06. The highest BCUT2D eigenvalue weighted by molar-refractivity contribution is 7.80. The Bertz CT molecular complexity index is 557. The number of nitrogens with one attached hydrogen (secondary N) is 2. The summed E-state index contributed by atoms with van der Waals surface area (Å²) in [6.07, 6.45) is 1.68. The van der Waals surface area contributed by atoms with E-state index in [1.165, 1.54) is 5.56 Å². The van der Waals surface area contributed by atoms with Crippen molar-refractivity contribution in [1.29, 1.82) is 0 Å². The maximum Gasteiger partial charge on any atom is 0.213 e. The number of pyridine rings is 1. The average Bonchev–Trinajstić information content (AvgIpc) is 2.49. The Labute approximate surface area is 124 Å². The lowest BCUT2D eigenvalue weighted by atomic mass is 10.1. The van der Waals surface area contributed by atoms with Crippen LogP contribution in [-0.4, -0.2) is 17.2 Å². The molecule has 2 rings (SSSR count). The van der Waals surface area contributed by atoms with Gasteiger partial charge in [0.2, 0.25) is 5.88 Å². The maximum atomic E-state index is 5.29. The number of methoxy groups -OCH3 is 1. The van der Waals surface area contributed by atoms with E-state index < -0.39 is 0 Å². The van der Waals surface area contributed by atoms with E-state index in [0.29, 0.717) is 11.0 Å². The lowest BCUT2D eigenvalue weighted by Crippen LogP contribution is -2.30. The summed E-state index contributed by atoms with van der Waals surface area (Å²) in [5.74, 6) is 0.576. The Morgan fingerprint density at radius 3 is 2.55 bits per heavy atom. The zero-order valence-electron chi connectivity index (χ0n) is 11.5. The van der Waals surface area contributed by atoms with Crippen LogP contribution in [0.15, 0.2) is 48.7 Å². The van der Waals surface area contributed by atoms with Gasteiger partial charge in [-0.15, -0.1) is 0 Å². The summed E-state index contributed by atoms with van der Waals surface area (Å²) >= 11 is 5.29. The molecule has 1 aromatic heterocycles. The first-order valence-electron chi connectivity index (χ1n) is 6.31. The molecule has 1 heterocycles. The van der Waals surface area contributed by atoms with Crippen molar-refractivity contribution in [2.24, 2.45) is 0 Å². The van der Waals surface area contributed by atoms with Gasteiger partial charge in [-0.25, -0.2) is 4.98 Å². The summed E-state index contributed by atoms with van der Waals surface area (Å²) in [5, 5.41) is 6.89. The minimum atomic E-state index is 0.141. The van der Waals surface area contributed by atoms with Crippen LogP contribution in [0, 0.1) is 0 Å². The molecular weight excluding hydrogens is 270 g/mol. The van der Waals surface area contributed by atoms with E-state index in [2.05, 4.69) is 34.7 Å². The minimum absolute atomic E-state index is 0.141. The summed E-state index contributed by atoms with van der Waals surface area (Å²) in [7, 11) is 1.59. The van der Waals surface area contributed by atoms with Gasteiger partial charge in [-0.05, 0) is 30.8 Å². The van der Waals surface area contributed by atoms with Gasteiger partial charge in [0, 0.05) is 6.07 Å². The first kappa shape index (κ1) is 14.3. The van der Waals surface area contributed by atoms with E-state index in [1.807, 2.05) is 24.3 Å². The van der Waals surface area contributed by atoms with E-state index in [4.69, 9.17) is 17.0 Å². The summed E-state index contributed by atoms with van der Waals surface area (Å²) in [6.45, 7) is 2.07. The van der Waals surface area contributed by atoms with Crippen LogP contribution in [0.4, 0.5) is 5.69 Å². The summed E-state index contributed by atoms with van der Waals surface area (Å²) in [5.41, 5.74) is 2.01. The van der Waals surface area contributed by atoms with Crippen molar-refractivity contribution >= 4 is 23.0 Å². The van der Waals surface area contributed by atoms with Gasteiger partial charge < -0.3 is 15.4 Å². The molecule has 0 aliphatic carbocycles. The third-order valence-electron chi connectivity index (χ3n) is 2.85. The second-order valence-electron chi connectivity index (χ2n) is 4.32. The number of hydrogen-bond acceptors (Lipinski definition) is 3. The van der Waals surface area contributed by atoms with Crippen molar-refractivity contribution in [3.8, 4) is 5.88 Å². The van der Waals surface area contributed by atoms with Crippen LogP contribution in [0.1, 0.15) is 18.5 Å². The van der Waals surface area contributed by atoms with Crippen molar-refractivity contribution in [3.63, 3.8) is 0 Å². The fourth-order valence-electron chi connectivity index (χ4n) is 1.76. The second kappa shape index (κ2) is 6.86. The Morgan fingerprint density at radius 2 is 1.95 bits per heavy atom. The Balaban J connectivity index is 1.91. The molecule has 0 unspecified atom stereocenters. The number of benzene rings is 1. The molecule has 0 amide bonds. The molecule has 0 spiro atoms. The van der Waals surface area contributed by atoms with Crippen LogP contribution in [0.25, 0.3) is 0 Å². The molecule has 104 valence electrons.